The maximum absolute atomic E-state index is 2.53. The molecular formula is C61H53N. The predicted molar refractivity (Wildman–Crippen MR) is 265 cm³/mol. The summed E-state index contributed by atoms with van der Waals surface area (Å²) >= 11 is 0. The van der Waals surface area contributed by atoms with E-state index in [-0.39, 0.29) is 16.2 Å². The SMILES string of the molecule is CCC(CC)(c1ccccc1)c1ccc(N(c2ccc3c(c2)-c2cc4ccccc4cc2C3(C)C)c2ccc3ccccc3c2-c2ccc3c(c2)C(C)(C)c2ccccc2-3)cc1. The lowest BCUT2D eigenvalue weighted by atomic mass is 9.70. The van der Waals surface area contributed by atoms with Gasteiger partial charge in [-0.1, -0.05) is 181 Å². The molecule has 0 saturated carbocycles. The second kappa shape index (κ2) is 14.2. The van der Waals surface area contributed by atoms with Gasteiger partial charge in [0.1, 0.15) is 0 Å². The molecule has 1 nitrogen and oxygen atoms in total. The maximum atomic E-state index is 2.53. The van der Waals surface area contributed by atoms with Crippen molar-refractivity contribution in [1.82, 2.24) is 0 Å². The minimum atomic E-state index is -0.121. The second-order valence-corrected chi connectivity index (χ2v) is 18.7. The molecule has 62 heavy (non-hydrogen) atoms. The Morgan fingerprint density at radius 1 is 0.403 bits per heavy atom. The molecule has 0 atom stereocenters. The van der Waals surface area contributed by atoms with Gasteiger partial charge in [0.25, 0.3) is 0 Å². The normalized spacial score (nSPS) is 14.4. The smallest absolute Gasteiger partial charge is 0.0546 e. The van der Waals surface area contributed by atoms with Crippen LogP contribution < -0.4 is 4.90 Å². The Kier molecular flexibility index (Phi) is 8.75. The number of anilines is 3. The van der Waals surface area contributed by atoms with Crippen molar-refractivity contribution in [2.24, 2.45) is 0 Å². The first-order valence-electron chi connectivity index (χ1n) is 22.5. The number of fused-ring (bicyclic) bond motifs is 8. The van der Waals surface area contributed by atoms with Gasteiger partial charge in [-0.2, -0.15) is 0 Å². The summed E-state index contributed by atoms with van der Waals surface area (Å²) < 4.78 is 0. The fraction of sp³-hybridized carbons (Fsp3) is 0.180. The predicted octanol–water partition coefficient (Wildman–Crippen LogP) is 16.8. The third-order valence-corrected chi connectivity index (χ3v) is 15.0. The van der Waals surface area contributed by atoms with E-state index in [2.05, 4.69) is 234 Å². The lowest BCUT2D eigenvalue weighted by molar-refractivity contribution is 0.478. The van der Waals surface area contributed by atoms with E-state index in [4.69, 9.17) is 0 Å². The van der Waals surface area contributed by atoms with Gasteiger partial charge in [0.15, 0.2) is 0 Å². The fourth-order valence-electron chi connectivity index (χ4n) is 11.5. The summed E-state index contributed by atoms with van der Waals surface area (Å²) in [7, 11) is 0. The van der Waals surface area contributed by atoms with E-state index in [1.54, 1.807) is 0 Å². The Labute approximate surface area is 367 Å². The summed E-state index contributed by atoms with van der Waals surface area (Å²) in [6.07, 6.45) is 2.05. The first-order chi connectivity index (χ1) is 30.1. The van der Waals surface area contributed by atoms with Crippen molar-refractivity contribution in [3.63, 3.8) is 0 Å². The summed E-state index contributed by atoms with van der Waals surface area (Å²) in [5, 5.41) is 5.06. The summed E-state index contributed by atoms with van der Waals surface area (Å²) in [6.45, 7) is 14.2. The monoisotopic (exact) mass is 799 g/mol. The third-order valence-electron chi connectivity index (χ3n) is 15.0. The van der Waals surface area contributed by atoms with Gasteiger partial charge in [-0.25, -0.2) is 0 Å². The molecule has 9 aromatic carbocycles. The van der Waals surface area contributed by atoms with Gasteiger partial charge in [-0.3, -0.25) is 0 Å². The van der Waals surface area contributed by atoms with Crippen LogP contribution in [0, 0.1) is 0 Å². The summed E-state index contributed by atoms with van der Waals surface area (Å²) in [5.41, 5.74) is 19.2. The van der Waals surface area contributed by atoms with Crippen molar-refractivity contribution in [2.75, 3.05) is 4.90 Å². The van der Waals surface area contributed by atoms with E-state index in [1.165, 1.54) is 94.0 Å². The molecule has 9 aromatic rings. The molecule has 2 aliphatic rings. The number of hydrogen-bond donors (Lipinski definition) is 0. The van der Waals surface area contributed by atoms with Crippen molar-refractivity contribution in [1.29, 1.82) is 0 Å². The summed E-state index contributed by atoms with van der Waals surface area (Å²) in [5.74, 6) is 0. The van der Waals surface area contributed by atoms with Crippen LogP contribution in [0.15, 0.2) is 188 Å². The van der Waals surface area contributed by atoms with Crippen molar-refractivity contribution < 1.29 is 0 Å². The number of hydrogen-bond acceptors (Lipinski definition) is 1. The zero-order chi connectivity index (χ0) is 42.4. The average Bonchev–Trinajstić information content (AvgIpc) is 3.67. The Morgan fingerprint density at radius 3 is 1.71 bits per heavy atom. The molecule has 0 aromatic heterocycles. The highest BCUT2D eigenvalue weighted by molar-refractivity contribution is 6.06. The van der Waals surface area contributed by atoms with Crippen LogP contribution in [0.1, 0.15) is 87.8 Å². The standard InChI is InChI=1S/C61H53N/c1-7-61(8-2,44-21-10-9-11-22-44)45-28-30-46(31-29-45)62(47-32-34-54-52(39-47)51-36-41-19-12-13-20-42(41)37-56(51)60(54,5)6)57-35-27-40-18-14-15-23-48(40)58(57)43-26-33-50-49-24-16-17-25-53(49)59(3,4)55(50)38-43/h9-39H,7-8H2,1-6H3. The molecule has 0 heterocycles. The van der Waals surface area contributed by atoms with Crippen molar-refractivity contribution >= 4 is 38.6 Å². The number of rotatable bonds is 8. The van der Waals surface area contributed by atoms with Crippen LogP contribution in [0.2, 0.25) is 0 Å². The third kappa shape index (κ3) is 5.60. The highest BCUT2D eigenvalue weighted by Crippen LogP contribution is 2.54. The average molecular weight is 800 g/mol. The largest absolute Gasteiger partial charge is 0.310 e. The van der Waals surface area contributed by atoms with Gasteiger partial charge < -0.3 is 4.90 Å². The molecule has 0 saturated heterocycles. The Hall–Kier alpha value is -6.70. The van der Waals surface area contributed by atoms with E-state index in [9.17, 15) is 0 Å². The van der Waals surface area contributed by atoms with E-state index in [0.29, 0.717) is 0 Å². The van der Waals surface area contributed by atoms with Gasteiger partial charge in [-0.15, -0.1) is 0 Å². The highest BCUT2D eigenvalue weighted by atomic mass is 15.1. The van der Waals surface area contributed by atoms with Crippen LogP contribution in [-0.2, 0) is 16.2 Å². The van der Waals surface area contributed by atoms with E-state index < -0.39 is 0 Å². The van der Waals surface area contributed by atoms with E-state index in [0.717, 1.165) is 24.2 Å². The highest BCUT2D eigenvalue weighted by Gasteiger charge is 2.38. The van der Waals surface area contributed by atoms with Crippen LogP contribution in [0.3, 0.4) is 0 Å². The molecule has 0 aliphatic heterocycles. The quantitative estimate of drug-likeness (QED) is 0.148. The lowest BCUT2D eigenvalue weighted by Gasteiger charge is -2.34. The molecule has 0 radical (unpaired) electrons. The molecule has 0 bridgehead atoms. The minimum absolute atomic E-state index is 0.0703. The Morgan fingerprint density at radius 2 is 0.968 bits per heavy atom. The zero-order valence-corrected chi connectivity index (χ0v) is 36.8. The van der Waals surface area contributed by atoms with Gasteiger partial charge in [-0.05, 0) is 144 Å². The number of nitrogens with zero attached hydrogens (tertiary/aromatic N) is 1. The second-order valence-electron chi connectivity index (χ2n) is 18.7. The number of benzene rings is 9. The molecule has 0 unspecified atom stereocenters. The van der Waals surface area contributed by atoms with Crippen LogP contribution in [0.4, 0.5) is 17.1 Å². The van der Waals surface area contributed by atoms with Crippen LogP contribution >= 0.6 is 0 Å². The van der Waals surface area contributed by atoms with Crippen LogP contribution in [0.5, 0.6) is 0 Å². The minimum Gasteiger partial charge on any atom is -0.310 e. The molecule has 0 amide bonds. The van der Waals surface area contributed by atoms with Gasteiger partial charge in [0.2, 0.25) is 0 Å². The van der Waals surface area contributed by atoms with Crippen LogP contribution in [0.25, 0.3) is 54.9 Å². The maximum Gasteiger partial charge on any atom is 0.0546 e. The fourth-order valence-corrected chi connectivity index (χ4v) is 11.5. The van der Waals surface area contributed by atoms with Crippen molar-refractivity contribution in [2.45, 2.75) is 70.6 Å². The zero-order valence-electron chi connectivity index (χ0n) is 36.8. The topological polar surface area (TPSA) is 3.24 Å². The molecule has 0 N–H and O–H groups in total. The first kappa shape index (κ1) is 38.2. The summed E-state index contributed by atoms with van der Waals surface area (Å²) in [4.78, 5) is 2.53. The molecule has 1 heteroatoms. The molecule has 302 valence electrons. The Balaban J connectivity index is 1.15. The van der Waals surface area contributed by atoms with Crippen LogP contribution in [-0.4, -0.2) is 0 Å². The van der Waals surface area contributed by atoms with Gasteiger partial charge in [0.05, 0.1) is 5.69 Å². The van der Waals surface area contributed by atoms with Gasteiger partial charge in [0, 0.05) is 33.2 Å². The van der Waals surface area contributed by atoms with Crippen molar-refractivity contribution in [3.8, 4) is 33.4 Å². The Bertz CT molecular complexity index is 3200. The molecule has 11 rings (SSSR count). The summed E-state index contributed by atoms with van der Waals surface area (Å²) in [6, 6.07) is 71.3. The van der Waals surface area contributed by atoms with E-state index >= 15 is 0 Å². The first-order valence-corrected chi connectivity index (χ1v) is 22.5. The molecule has 2 aliphatic carbocycles. The molecular weight excluding hydrogens is 747 g/mol. The van der Waals surface area contributed by atoms with E-state index in [1.807, 2.05) is 0 Å². The molecule has 0 fully saturated rings. The van der Waals surface area contributed by atoms with Crippen molar-refractivity contribution in [3.05, 3.63) is 221 Å². The molecule has 0 spiro atoms. The lowest BCUT2D eigenvalue weighted by Crippen LogP contribution is -2.26. The van der Waals surface area contributed by atoms with Gasteiger partial charge >= 0.3 is 0 Å².